The van der Waals surface area contributed by atoms with Gasteiger partial charge in [-0.1, -0.05) is 13.8 Å². The molecule has 2 heterocycles. The molecule has 0 spiro atoms. The molecule has 0 radical (unpaired) electrons. The molecule has 1 aromatic heterocycles. The number of rotatable bonds is 5. The van der Waals surface area contributed by atoms with Crippen LogP contribution in [0.4, 0.5) is 4.79 Å². The van der Waals surface area contributed by atoms with E-state index < -0.39 is 23.3 Å². The van der Waals surface area contributed by atoms with Gasteiger partial charge in [-0.05, 0) is 18.9 Å². The molecule has 1 aliphatic heterocycles. The number of amides is 4. The van der Waals surface area contributed by atoms with Crippen molar-refractivity contribution in [2.75, 3.05) is 6.54 Å². The Hall–Kier alpha value is -2.18. The molecule has 4 amide bonds. The number of barbiturate groups is 1. The molecule has 21 heavy (non-hydrogen) atoms. The summed E-state index contributed by atoms with van der Waals surface area (Å²) in [6.07, 6.45) is 3.03. The third-order valence-electron chi connectivity index (χ3n) is 4.12. The van der Waals surface area contributed by atoms with Gasteiger partial charge in [-0.2, -0.15) is 5.10 Å². The first-order chi connectivity index (χ1) is 9.94. The summed E-state index contributed by atoms with van der Waals surface area (Å²) >= 11 is 0. The van der Waals surface area contributed by atoms with Crippen molar-refractivity contribution in [1.82, 2.24) is 20.0 Å². The molecule has 1 aromatic rings. The standard InChI is InChI=1S/C14H20N4O3/c1-4-14(5-2)11(19)15-13(21)18(12(14)20)9-7-10-6-8-17(3)16-10/h6,8H,4-5,7,9H2,1-3H3,(H,15,19,21). The number of carbonyl (C=O) groups is 3. The van der Waals surface area contributed by atoms with Gasteiger partial charge in [0.15, 0.2) is 0 Å². The molecule has 1 aliphatic rings. The van der Waals surface area contributed by atoms with Gasteiger partial charge in [-0.25, -0.2) is 4.79 Å². The van der Waals surface area contributed by atoms with Crippen LogP contribution >= 0.6 is 0 Å². The number of hydrogen-bond acceptors (Lipinski definition) is 4. The number of nitrogens with one attached hydrogen (secondary N) is 1. The minimum atomic E-state index is -1.13. The van der Waals surface area contributed by atoms with Crippen molar-refractivity contribution in [1.29, 1.82) is 0 Å². The summed E-state index contributed by atoms with van der Waals surface area (Å²) in [7, 11) is 1.81. The van der Waals surface area contributed by atoms with E-state index in [0.29, 0.717) is 19.3 Å². The molecule has 1 fully saturated rings. The summed E-state index contributed by atoms with van der Waals surface area (Å²) in [6, 6.07) is 1.20. The van der Waals surface area contributed by atoms with Gasteiger partial charge >= 0.3 is 6.03 Å². The second kappa shape index (κ2) is 5.67. The fraction of sp³-hybridized carbons (Fsp3) is 0.571. The first-order valence-electron chi connectivity index (χ1n) is 7.10. The van der Waals surface area contributed by atoms with Crippen molar-refractivity contribution in [3.8, 4) is 0 Å². The molecule has 0 unspecified atom stereocenters. The molecule has 114 valence electrons. The molecular formula is C14H20N4O3. The Balaban J connectivity index is 2.16. The lowest BCUT2D eigenvalue weighted by Gasteiger charge is -2.38. The molecule has 7 heteroatoms. The highest BCUT2D eigenvalue weighted by Crippen LogP contribution is 2.32. The van der Waals surface area contributed by atoms with Gasteiger partial charge < -0.3 is 0 Å². The third-order valence-corrected chi connectivity index (χ3v) is 4.12. The first-order valence-corrected chi connectivity index (χ1v) is 7.10. The summed E-state index contributed by atoms with van der Waals surface area (Å²) in [6.45, 7) is 3.79. The Morgan fingerprint density at radius 3 is 2.43 bits per heavy atom. The number of aromatic nitrogens is 2. The molecule has 1 N–H and O–H groups in total. The average Bonchev–Trinajstić information content (AvgIpc) is 2.85. The molecule has 2 rings (SSSR count). The monoisotopic (exact) mass is 292 g/mol. The van der Waals surface area contributed by atoms with Crippen LogP contribution in [-0.2, 0) is 23.1 Å². The molecule has 7 nitrogen and oxygen atoms in total. The molecule has 0 atom stereocenters. The highest BCUT2D eigenvalue weighted by Gasteiger charge is 2.51. The van der Waals surface area contributed by atoms with Crippen LogP contribution in [0.2, 0.25) is 0 Å². The van der Waals surface area contributed by atoms with Crippen molar-refractivity contribution in [3.63, 3.8) is 0 Å². The quantitative estimate of drug-likeness (QED) is 0.815. The van der Waals surface area contributed by atoms with Gasteiger partial charge in [-0.3, -0.25) is 24.5 Å². The lowest BCUT2D eigenvalue weighted by molar-refractivity contribution is -0.152. The normalized spacial score (nSPS) is 18.0. The highest BCUT2D eigenvalue weighted by atomic mass is 16.2. The number of aryl methyl sites for hydroxylation is 1. The van der Waals surface area contributed by atoms with Crippen molar-refractivity contribution in [2.45, 2.75) is 33.1 Å². The van der Waals surface area contributed by atoms with Gasteiger partial charge in [0.2, 0.25) is 11.8 Å². The SMILES string of the molecule is CCC1(CC)C(=O)NC(=O)N(CCc2ccn(C)n2)C1=O. The number of hydrogen-bond donors (Lipinski definition) is 1. The topological polar surface area (TPSA) is 84.3 Å². The van der Waals surface area contributed by atoms with E-state index >= 15 is 0 Å². The summed E-state index contributed by atoms with van der Waals surface area (Å²) in [4.78, 5) is 37.6. The van der Waals surface area contributed by atoms with Gasteiger partial charge in [0.25, 0.3) is 0 Å². The Kier molecular flexibility index (Phi) is 4.11. The zero-order valence-electron chi connectivity index (χ0n) is 12.5. The van der Waals surface area contributed by atoms with Crippen molar-refractivity contribution >= 4 is 17.8 Å². The number of imide groups is 2. The van der Waals surface area contributed by atoms with Crippen LogP contribution in [0, 0.1) is 5.41 Å². The predicted octanol–water partition coefficient (Wildman–Crippen LogP) is 0.847. The summed E-state index contributed by atoms with van der Waals surface area (Å²) in [5, 5.41) is 6.51. The minimum absolute atomic E-state index is 0.219. The second-order valence-corrected chi connectivity index (χ2v) is 5.24. The van der Waals surface area contributed by atoms with E-state index in [1.54, 1.807) is 31.8 Å². The molecule has 0 saturated carbocycles. The zero-order chi connectivity index (χ0) is 15.6. The number of carbonyl (C=O) groups excluding carboxylic acids is 3. The van der Waals surface area contributed by atoms with E-state index in [1.807, 2.05) is 6.07 Å². The first kappa shape index (κ1) is 15.2. The van der Waals surface area contributed by atoms with Gasteiger partial charge in [0, 0.05) is 26.2 Å². The van der Waals surface area contributed by atoms with Crippen LogP contribution in [0.3, 0.4) is 0 Å². The number of urea groups is 1. The third kappa shape index (κ3) is 2.55. The van der Waals surface area contributed by atoms with Crippen LogP contribution in [0.15, 0.2) is 12.3 Å². The van der Waals surface area contributed by atoms with Crippen molar-refractivity contribution < 1.29 is 14.4 Å². The van der Waals surface area contributed by atoms with E-state index in [2.05, 4.69) is 10.4 Å². The van der Waals surface area contributed by atoms with E-state index in [1.165, 1.54) is 0 Å². The van der Waals surface area contributed by atoms with Crippen molar-refractivity contribution in [2.24, 2.45) is 12.5 Å². The summed E-state index contributed by atoms with van der Waals surface area (Å²) in [5.41, 5.74) is -0.327. The average molecular weight is 292 g/mol. The summed E-state index contributed by atoms with van der Waals surface area (Å²) in [5.74, 6) is -0.895. The van der Waals surface area contributed by atoms with Gasteiger partial charge in [-0.15, -0.1) is 0 Å². The van der Waals surface area contributed by atoms with Crippen LogP contribution in [-0.4, -0.2) is 39.1 Å². The van der Waals surface area contributed by atoms with E-state index in [9.17, 15) is 14.4 Å². The second-order valence-electron chi connectivity index (χ2n) is 5.24. The Morgan fingerprint density at radius 2 is 1.90 bits per heavy atom. The largest absolute Gasteiger partial charge is 0.330 e. The summed E-state index contributed by atoms with van der Waals surface area (Å²) < 4.78 is 1.67. The van der Waals surface area contributed by atoms with Crippen LogP contribution in [0.1, 0.15) is 32.4 Å². The molecule has 0 aliphatic carbocycles. The van der Waals surface area contributed by atoms with E-state index in [0.717, 1.165) is 10.6 Å². The Morgan fingerprint density at radius 1 is 1.24 bits per heavy atom. The molecule has 0 bridgehead atoms. The van der Waals surface area contributed by atoms with Crippen LogP contribution in [0.5, 0.6) is 0 Å². The minimum Gasteiger partial charge on any atom is -0.277 e. The highest BCUT2D eigenvalue weighted by molar-refractivity contribution is 6.19. The van der Waals surface area contributed by atoms with E-state index in [-0.39, 0.29) is 6.54 Å². The van der Waals surface area contributed by atoms with Crippen LogP contribution < -0.4 is 5.32 Å². The van der Waals surface area contributed by atoms with Crippen LogP contribution in [0.25, 0.3) is 0 Å². The van der Waals surface area contributed by atoms with Gasteiger partial charge in [0.05, 0.1) is 5.69 Å². The zero-order valence-corrected chi connectivity index (χ0v) is 12.5. The molecule has 1 saturated heterocycles. The Labute approximate surface area is 123 Å². The maximum absolute atomic E-state index is 12.6. The number of nitrogens with zero attached hydrogens (tertiary/aromatic N) is 3. The molecular weight excluding hydrogens is 272 g/mol. The fourth-order valence-electron chi connectivity index (χ4n) is 2.63. The van der Waals surface area contributed by atoms with Gasteiger partial charge in [0.1, 0.15) is 5.41 Å². The lowest BCUT2D eigenvalue weighted by atomic mass is 9.78. The van der Waals surface area contributed by atoms with E-state index in [4.69, 9.17) is 0 Å². The van der Waals surface area contributed by atoms with Crippen molar-refractivity contribution in [3.05, 3.63) is 18.0 Å². The maximum Gasteiger partial charge on any atom is 0.330 e. The predicted molar refractivity (Wildman–Crippen MR) is 75.2 cm³/mol. The fourth-order valence-corrected chi connectivity index (χ4v) is 2.63. The lowest BCUT2D eigenvalue weighted by Crippen LogP contribution is -2.63. The smallest absolute Gasteiger partial charge is 0.277 e. The molecule has 0 aromatic carbocycles. The maximum atomic E-state index is 12.6. The Bertz CT molecular complexity index is 575.